The highest BCUT2D eigenvalue weighted by Crippen LogP contribution is 2.46. The number of ether oxygens (including phenoxy) is 2. The molecule has 7 heteroatoms. The van der Waals surface area contributed by atoms with E-state index >= 15 is 0 Å². The lowest BCUT2D eigenvalue weighted by Gasteiger charge is -2.41. The average molecular weight is 355 g/mol. The maximum absolute atomic E-state index is 13.2. The van der Waals surface area contributed by atoms with Gasteiger partial charge < -0.3 is 14.6 Å². The third-order valence-electron chi connectivity index (χ3n) is 5.42. The Morgan fingerprint density at radius 1 is 1.21 bits per heavy atom. The first kappa shape index (κ1) is 17.5. The second kappa shape index (κ2) is 6.54. The first-order valence-electron chi connectivity index (χ1n) is 8.33. The molecule has 0 bridgehead atoms. The van der Waals surface area contributed by atoms with E-state index in [0.717, 1.165) is 32.1 Å². The molecule has 134 valence electrons. The van der Waals surface area contributed by atoms with Crippen molar-refractivity contribution >= 4 is 10.0 Å². The Hall–Kier alpha value is -1.31. The molecule has 2 fully saturated rings. The molecule has 1 aromatic rings. The Morgan fingerprint density at radius 3 is 2.58 bits per heavy atom. The first-order valence-corrected chi connectivity index (χ1v) is 9.77. The number of aliphatic hydroxyl groups excluding tert-OH is 1. The predicted octanol–water partition coefficient (Wildman–Crippen LogP) is 2.02. The lowest BCUT2D eigenvalue weighted by atomic mass is 9.77. The molecule has 1 spiro atoms. The van der Waals surface area contributed by atoms with Gasteiger partial charge in [0.15, 0.2) is 0 Å². The number of aliphatic hydroxyl groups is 1. The molecule has 1 aromatic carbocycles. The van der Waals surface area contributed by atoms with E-state index in [1.807, 2.05) is 0 Å². The van der Waals surface area contributed by atoms with E-state index in [1.165, 1.54) is 24.6 Å². The van der Waals surface area contributed by atoms with E-state index < -0.39 is 16.1 Å². The Morgan fingerprint density at radius 2 is 1.96 bits per heavy atom. The highest BCUT2D eigenvalue weighted by atomic mass is 32.2. The largest absolute Gasteiger partial charge is 0.497 e. The van der Waals surface area contributed by atoms with Gasteiger partial charge >= 0.3 is 0 Å². The summed E-state index contributed by atoms with van der Waals surface area (Å²) in [5.74, 6) is 0.782. The molecular formula is C17H25NO5S. The smallest absolute Gasteiger partial charge is 0.246 e. The Labute approximate surface area is 143 Å². The summed E-state index contributed by atoms with van der Waals surface area (Å²) in [6.07, 6.45) is 3.84. The summed E-state index contributed by atoms with van der Waals surface area (Å²) in [5.41, 5.74) is -0.294. The van der Waals surface area contributed by atoms with Crippen LogP contribution in [0.3, 0.4) is 0 Å². The number of piperidine rings is 1. The zero-order valence-electron chi connectivity index (χ0n) is 14.2. The third-order valence-corrected chi connectivity index (χ3v) is 7.29. The minimum Gasteiger partial charge on any atom is -0.497 e. The third kappa shape index (κ3) is 2.89. The van der Waals surface area contributed by atoms with Crippen LogP contribution in [0, 0.1) is 5.41 Å². The van der Waals surface area contributed by atoms with Gasteiger partial charge in [-0.2, -0.15) is 4.31 Å². The quantitative estimate of drug-likeness (QED) is 0.894. The molecule has 1 N–H and O–H groups in total. The number of benzene rings is 1. The summed E-state index contributed by atoms with van der Waals surface area (Å²) < 4.78 is 38.3. The molecule has 0 aromatic heterocycles. The molecule has 1 aliphatic heterocycles. The number of hydrogen-bond donors (Lipinski definition) is 1. The summed E-state index contributed by atoms with van der Waals surface area (Å²) in [6, 6.07) is 4.78. The molecule has 1 heterocycles. The van der Waals surface area contributed by atoms with Crippen molar-refractivity contribution in [2.75, 3.05) is 27.3 Å². The van der Waals surface area contributed by atoms with Crippen LogP contribution in [0.4, 0.5) is 0 Å². The molecule has 0 radical (unpaired) electrons. The van der Waals surface area contributed by atoms with Crippen molar-refractivity contribution in [3.63, 3.8) is 0 Å². The molecule has 1 unspecified atom stereocenters. The van der Waals surface area contributed by atoms with E-state index in [1.54, 1.807) is 12.1 Å². The molecule has 1 saturated carbocycles. The molecule has 24 heavy (non-hydrogen) atoms. The molecule has 0 amide bonds. The van der Waals surface area contributed by atoms with E-state index in [0.29, 0.717) is 24.6 Å². The van der Waals surface area contributed by atoms with Crippen LogP contribution in [0.1, 0.15) is 32.1 Å². The summed E-state index contributed by atoms with van der Waals surface area (Å²) in [5, 5.41) is 10.4. The van der Waals surface area contributed by atoms with E-state index in [-0.39, 0.29) is 10.3 Å². The van der Waals surface area contributed by atoms with Gasteiger partial charge in [-0.3, -0.25) is 0 Å². The minimum atomic E-state index is -3.71. The SMILES string of the molecule is COc1ccc(OC)c(S(=O)(=O)N2CCC[C@]3(CCCC3O)C2)c1. The molecular weight excluding hydrogens is 330 g/mol. The molecule has 2 aliphatic rings. The van der Waals surface area contributed by atoms with E-state index in [9.17, 15) is 13.5 Å². The zero-order chi connectivity index (χ0) is 17.4. The van der Waals surface area contributed by atoms with Crippen molar-refractivity contribution in [2.24, 2.45) is 5.41 Å². The van der Waals surface area contributed by atoms with Crippen LogP contribution in [-0.4, -0.2) is 51.2 Å². The minimum absolute atomic E-state index is 0.119. The van der Waals surface area contributed by atoms with Crippen molar-refractivity contribution < 1.29 is 23.0 Å². The fraction of sp³-hybridized carbons (Fsp3) is 0.647. The average Bonchev–Trinajstić information content (AvgIpc) is 2.94. The zero-order valence-corrected chi connectivity index (χ0v) is 15.0. The van der Waals surface area contributed by atoms with Gasteiger partial charge in [-0.1, -0.05) is 6.42 Å². The Kier molecular flexibility index (Phi) is 4.77. The number of hydrogen-bond acceptors (Lipinski definition) is 5. The Bertz CT molecular complexity index is 705. The second-order valence-electron chi connectivity index (χ2n) is 6.73. The van der Waals surface area contributed by atoms with Crippen LogP contribution < -0.4 is 9.47 Å². The van der Waals surface area contributed by atoms with Gasteiger partial charge in [-0.25, -0.2) is 8.42 Å². The monoisotopic (exact) mass is 355 g/mol. The van der Waals surface area contributed by atoms with Crippen LogP contribution in [0.25, 0.3) is 0 Å². The molecule has 3 rings (SSSR count). The van der Waals surface area contributed by atoms with Gasteiger partial charge in [0.05, 0.1) is 20.3 Å². The van der Waals surface area contributed by atoms with E-state index in [4.69, 9.17) is 9.47 Å². The Balaban J connectivity index is 1.96. The molecule has 1 aliphatic carbocycles. The summed E-state index contributed by atoms with van der Waals surface area (Å²) in [6.45, 7) is 0.841. The summed E-state index contributed by atoms with van der Waals surface area (Å²) >= 11 is 0. The van der Waals surface area contributed by atoms with Gasteiger partial charge in [0.25, 0.3) is 0 Å². The van der Waals surface area contributed by atoms with Crippen molar-refractivity contribution in [1.82, 2.24) is 4.31 Å². The van der Waals surface area contributed by atoms with E-state index in [2.05, 4.69) is 0 Å². The van der Waals surface area contributed by atoms with Crippen LogP contribution in [0.15, 0.2) is 23.1 Å². The second-order valence-corrected chi connectivity index (χ2v) is 8.64. The van der Waals surface area contributed by atoms with Gasteiger partial charge in [0.2, 0.25) is 10.0 Å². The van der Waals surface area contributed by atoms with Crippen LogP contribution in [0.2, 0.25) is 0 Å². The molecule has 2 atom stereocenters. The standard InChI is InChI=1S/C17H25NO5S/c1-22-13-6-7-14(23-2)15(11-13)24(20,21)18-10-4-9-17(12-18)8-3-5-16(17)19/h6-7,11,16,19H,3-5,8-10,12H2,1-2H3/t16?,17-/m1/s1. The van der Waals surface area contributed by atoms with Gasteiger partial charge in [0, 0.05) is 24.6 Å². The number of nitrogens with zero attached hydrogens (tertiary/aromatic N) is 1. The highest BCUT2D eigenvalue weighted by molar-refractivity contribution is 7.89. The first-order chi connectivity index (χ1) is 11.4. The van der Waals surface area contributed by atoms with Crippen LogP contribution >= 0.6 is 0 Å². The lowest BCUT2D eigenvalue weighted by Crippen LogP contribution is -2.49. The van der Waals surface area contributed by atoms with Gasteiger partial charge in [-0.05, 0) is 37.8 Å². The maximum Gasteiger partial charge on any atom is 0.246 e. The number of methoxy groups -OCH3 is 2. The van der Waals surface area contributed by atoms with Crippen molar-refractivity contribution in [2.45, 2.75) is 43.1 Å². The van der Waals surface area contributed by atoms with Crippen LogP contribution in [0.5, 0.6) is 11.5 Å². The van der Waals surface area contributed by atoms with Crippen molar-refractivity contribution in [3.05, 3.63) is 18.2 Å². The topological polar surface area (TPSA) is 76.1 Å². The number of sulfonamides is 1. The normalized spacial score (nSPS) is 28.2. The summed E-state index contributed by atoms with van der Waals surface area (Å²) in [4.78, 5) is 0.119. The lowest BCUT2D eigenvalue weighted by molar-refractivity contribution is 0.0126. The van der Waals surface area contributed by atoms with Crippen molar-refractivity contribution in [1.29, 1.82) is 0 Å². The van der Waals surface area contributed by atoms with Gasteiger partial charge in [-0.15, -0.1) is 0 Å². The molecule has 1 saturated heterocycles. The predicted molar refractivity (Wildman–Crippen MR) is 89.8 cm³/mol. The van der Waals surface area contributed by atoms with Crippen LogP contribution in [-0.2, 0) is 10.0 Å². The number of rotatable bonds is 4. The maximum atomic E-state index is 13.2. The fourth-order valence-electron chi connectivity index (χ4n) is 4.04. The highest BCUT2D eigenvalue weighted by Gasteiger charge is 2.47. The molecule has 6 nitrogen and oxygen atoms in total. The van der Waals surface area contributed by atoms with Gasteiger partial charge in [0.1, 0.15) is 16.4 Å². The van der Waals surface area contributed by atoms with Crippen molar-refractivity contribution in [3.8, 4) is 11.5 Å². The fourth-order valence-corrected chi connectivity index (χ4v) is 5.79. The summed E-state index contributed by atoms with van der Waals surface area (Å²) in [7, 11) is -0.746.